The van der Waals surface area contributed by atoms with Crippen LogP contribution in [0, 0.1) is 18.6 Å². The molecule has 0 aliphatic carbocycles. The summed E-state index contributed by atoms with van der Waals surface area (Å²) in [7, 11) is -4.30. The van der Waals surface area contributed by atoms with Gasteiger partial charge in [0.1, 0.15) is 17.5 Å². The van der Waals surface area contributed by atoms with Gasteiger partial charge >= 0.3 is 0 Å². The zero-order chi connectivity index (χ0) is 20.1. The normalized spacial score (nSPS) is 14.9. The number of aryl methyl sites for hydroxylation is 1. The third-order valence-corrected chi connectivity index (χ3v) is 5.92. The van der Waals surface area contributed by atoms with E-state index in [4.69, 9.17) is 0 Å². The predicted octanol–water partition coefficient (Wildman–Crippen LogP) is 2.44. The number of sulfonamides is 1. The fraction of sp³-hybridized carbons (Fsp3) is 0.444. The van der Waals surface area contributed by atoms with E-state index in [1.807, 2.05) is 13.0 Å². The third kappa shape index (κ3) is 4.93. The molecule has 0 amide bonds. The monoisotopic (exact) mass is 411 g/mol. The van der Waals surface area contributed by atoms with Crippen LogP contribution in [0.3, 0.4) is 0 Å². The van der Waals surface area contributed by atoms with Gasteiger partial charge in [0.2, 0.25) is 16.0 Å². The van der Waals surface area contributed by atoms with Crippen molar-refractivity contribution < 1.29 is 17.2 Å². The summed E-state index contributed by atoms with van der Waals surface area (Å²) in [5, 5.41) is 2.95. The highest BCUT2D eigenvalue weighted by atomic mass is 32.2. The number of nitrogens with one attached hydrogen (secondary N) is 2. The van der Waals surface area contributed by atoms with Crippen LogP contribution in [-0.2, 0) is 10.0 Å². The zero-order valence-electron chi connectivity index (χ0n) is 15.6. The minimum absolute atomic E-state index is 0.0769. The summed E-state index contributed by atoms with van der Waals surface area (Å²) >= 11 is 0. The van der Waals surface area contributed by atoms with E-state index < -0.39 is 26.6 Å². The van der Waals surface area contributed by atoms with E-state index in [0.717, 1.165) is 55.6 Å². The van der Waals surface area contributed by atoms with Gasteiger partial charge in [-0.15, -0.1) is 0 Å². The van der Waals surface area contributed by atoms with E-state index in [0.29, 0.717) is 5.95 Å². The van der Waals surface area contributed by atoms with Crippen LogP contribution < -0.4 is 14.9 Å². The van der Waals surface area contributed by atoms with Crippen molar-refractivity contribution in [1.29, 1.82) is 0 Å². The number of hydrogen-bond acceptors (Lipinski definition) is 6. The standard InChI is InChI=1S/C18H23F2N5O2S/c1-13-12-16(25-10-3-2-4-11-25)24-18(23-13)21-8-9-22-28(26,27)17-14(19)6-5-7-15(17)20/h5-7,12,22H,2-4,8-11H2,1H3,(H,21,23,24). The highest BCUT2D eigenvalue weighted by Crippen LogP contribution is 2.20. The molecular formula is C18H23F2N5O2S. The fourth-order valence-electron chi connectivity index (χ4n) is 3.09. The summed E-state index contributed by atoms with van der Waals surface area (Å²) in [5.74, 6) is -1.04. The van der Waals surface area contributed by atoms with Crippen molar-refractivity contribution in [2.45, 2.75) is 31.1 Å². The Balaban J connectivity index is 1.60. The molecule has 152 valence electrons. The molecule has 0 unspecified atom stereocenters. The van der Waals surface area contributed by atoms with Gasteiger partial charge in [-0.1, -0.05) is 6.07 Å². The molecule has 3 rings (SSSR count). The van der Waals surface area contributed by atoms with E-state index in [1.165, 1.54) is 6.42 Å². The summed E-state index contributed by atoms with van der Waals surface area (Å²) in [6.07, 6.45) is 3.47. The molecule has 1 aliphatic rings. The second-order valence-corrected chi connectivity index (χ2v) is 8.32. The van der Waals surface area contributed by atoms with E-state index in [1.54, 1.807) is 0 Å². The van der Waals surface area contributed by atoms with Crippen LogP contribution in [0.4, 0.5) is 20.5 Å². The molecule has 0 saturated carbocycles. The Morgan fingerprint density at radius 2 is 1.75 bits per heavy atom. The minimum atomic E-state index is -4.30. The number of benzene rings is 1. The number of aromatic nitrogens is 2. The average molecular weight is 411 g/mol. The van der Waals surface area contributed by atoms with Gasteiger partial charge in [0.25, 0.3) is 0 Å². The van der Waals surface area contributed by atoms with Crippen LogP contribution in [0.5, 0.6) is 0 Å². The lowest BCUT2D eigenvalue weighted by Crippen LogP contribution is -2.31. The van der Waals surface area contributed by atoms with Gasteiger partial charge in [0, 0.05) is 37.9 Å². The average Bonchev–Trinajstić information content (AvgIpc) is 2.65. The van der Waals surface area contributed by atoms with Crippen molar-refractivity contribution in [1.82, 2.24) is 14.7 Å². The molecule has 1 aromatic heterocycles. The first-order chi connectivity index (χ1) is 13.4. The lowest BCUT2D eigenvalue weighted by molar-refractivity contribution is 0.514. The van der Waals surface area contributed by atoms with Crippen LogP contribution in [0.2, 0.25) is 0 Å². The largest absolute Gasteiger partial charge is 0.356 e. The van der Waals surface area contributed by atoms with Crippen molar-refractivity contribution in [2.75, 3.05) is 36.4 Å². The highest BCUT2D eigenvalue weighted by Gasteiger charge is 2.23. The number of nitrogens with zero attached hydrogens (tertiary/aromatic N) is 3. The molecule has 2 N–H and O–H groups in total. The van der Waals surface area contributed by atoms with Crippen molar-refractivity contribution in [2.24, 2.45) is 0 Å². The molecule has 0 radical (unpaired) electrons. The first-order valence-corrected chi connectivity index (χ1v) is 10.6. The molecule has 28 heavy (non-hydrogen) atoms. The maximum absolute atomic E-state index is 13.7. The van der Waals surface area contributed by atoms with Gasteiger partial charge in [-0.2, -0.15) is 4.98 Å². The van der Waals surface area contributed by atoms with Gasteiger partial charge in [0.15, 0.2) is 4.90 Å². The Morgan fingerprint density at radius 1 is 1.07 bits per heavy atom. The summed E-state index contributed by atoms with van der Waals surface area (Å²) in [5.41, 5.74) is 0.798. The molecule has 7 nitrogen and oxygen atoms in total. The Labute approximate surface area is 163 Å². The molecular weight excluding hydrogens is 388 g/mol. The topological polar surface area (TPSA) is 87.2 Å². The van der Waals surface area contributed by atoms with Gasteiger partial charge in [-0.05, 0) is 38.3 Å². The number of piperidine rings is 1. The third-order valence-electron chi connectivity index (χ3n) is 4.41. The number of halogens is 2. The van der Waals surface area contributed by atoms with E-state index in [2.05, 4.69) is 24.9 Å². The van der Waals surface area contributed by atoms with Crippen LogP contribution >= 0.6 is 0 Å². The van der Waals surface area contributed by atoms with Gasteiger partial charge in [-0.3, -0.25) is 0 Å². The molecule has 1 aromatic carbocycles. The quantitative estimate of drug-likeness (QED) is 0.681. The van der Waals surface area contributed by atoms with Crippen LogP contribution in [0.25, 0.3) is 0 Å². The number of rotatable bonds is 7. The summed E-state index contributed by atoms with van der Waals surface area (Å²) < 4.78 is 53.8. The lowest BCUT2D eigenvalue weighted by atomic mass is 10.1. The summed E-state index contributed by atoms with van der Waals surface area (Å²) in [6, 6.07) is 4.83. The second kappa shape index (κ2) is 8.78. The maximum Gasteiger partial charge on any atom is 0.246 e. The Kier molecular flexibility index (Phi) is 6.40. The molecule has 1 aliphatic heterocycles. The van der Waals surface area contributed by atoms with Crippen molar-refractivity contribution in [3.05, 3.63) is 41.6 Å². The summed E-state index contributed by atoms with van der Waals surface area (Å²) in [4.78, 5) is 10.0. The van der Waals surface area contributed by atoms with Gasteiger partial charge in [0.05, 0.1) is 0 Å². The van der Waals surface area contributed by atoms with Crippen molar-refractivity contribution in [3.8, 4) is 0 Å². The maximum atomic E-state index is 13.7. The molecule has 10 heteroatoms. The molecule has 0 atom stereocenters. The van der Waals surface area contributed by atoms with Crippen LogP contribution in [0.1, 0.15) is 25.0 Å². The number of hydrogen-bond donors (Lipinski definition) is 2. The smallest absolute Gasteiger partial charge is 0.246 e. The van der Waals surface area contributed by atoms with E-state index in [9.17, 15) is 17.2 Å². The molecule has 1 fully saturated rings. The van der Waals surface area contributed by atoms with Crippen LogP contribution in [0.15, 0.2) is 29.2 Å². The molecule has 0 spiro atoms. The zero-order valence-corrected chi connectivity index (χ0v) is 16.4. The SMILES string of the molecule is Cc1cc(N2CCCCC2)nc(NCCNS(=O)(=O)c2c(F)cccc2F)n1. The Hall–Kier alpha value is -2.33. The minimum Gasteiger partial charge on any atom is -0.356 e. The highest BCUT2D eigenvalue weighted by molar-refractivity contribution is 7.89. The Morgan fingerprint density at radius 3 is 2.43 bits per heavy atom. The van der Waals surface area contributed by atoms with E-state index in [-0.39, 0.29) is 13.1 Å². The first-order valence-electron chi connectivity index (χ1n) is 9.15. The van der Waals surface area contributed by atoms with Crippen LogP contribution in [-0.4, -0.2) is 44.6 Å². The molecule has 2 aromatic rings. The fourth-order valence-corrected chi connectivity index (χ4v) is 4.25. The number of anilines is 2. The molecule has 2 heterocycles. The van der Waals surface area contributed by atoms with E-state index >= 15 is 0 Å². The lowest BCUT2D eigenvalue weighted by Gasteiger charge is -2.28. The van der Waals surface area contributed by atoms with Gasteiger partial charge < -0.3 is 10.2 Å². The predicted molar refractivity (Wildman–Crippen MR) is 103 cm³/mol. The van der Waals surface area contributed by atoms with Crippen molar-refractivity contribution in [3.63, 3.8) is 0 Å². The summed E-state index contributed by atoms with van der Waals surface area (Å²) in [6.45, 7) is 3.85. The van der Waals surface area contributed by atoms with Crippen molar-refractivity contribution >= 4 is 21.8 Å². The second-order valence-electron chi connectivity index (χ2n) is 6.61. The molecule has 0 bridgehead atoms. The Bertz CT molecular complexity index is 913. The van der Waals surface area contributed by atoms with Gasteiger partial charge in [-0.25, -0.2) is 26.9 Å². The molecule has 1 saturated heterocycles. The first kappa shape index (κ1) is 20.4.